The van der Waals surface area contributed by atoms with Crippen molar-refractivity contribution in [2.45, 2.75) is 38.6 Å². The Balaban J connectivity index is 2.17. The minimum absolute atomic E-state index is 0.383. The average molecular weight is 219 g/mol. The average Bonchev–Trinajstić information content (AvgIpc) is 2.80. The highest BCUT2D eigenvalue weighted by Crippen LogP contribution is 2.21. The molecule has 16 heavy (non-hydrogen) atoms. The normalized spacial score (nSPS) is 17.8. The van der Waals surface area contributed by atoms with Gasteiger partial charge in [-0.2, -0.15) is 0 Å². The molecule has 0 saturated heterocycles. The number of aryl methyl sites for hydroxylation is 1. The summed E-state index contributed by atoms with van der Waals surface area (Å²) < 4.78 is 0. The van der Waals surface area contributed by atoms with Crippen molar-refractivity contribution in [3.05, 3.63) is 23.8 Å². The predicted octanol–water partition coefficient (Wildman–Crippen LogP) is 0.938. The third-order valence-electron chi connectivity index (χ3n) is 2.80. The number of hydrazine groups is 1. The van der Waals surface area contributed by atoms with Gasteiger partial charge in [-0.15, -0.1) is 0 Å². The van der Waals surface area contributed by atoms with Crippen LogP contribution in [0.4, 0.5) is 0 Å². The van der Waals surface area contributed by atoms with E-state index >= 15 is 0 Å². The molecule has 5 nitrogen and oxygen atoms in total. The van der Waals surface area contributed by atoms with E-state index in [9.17, 15) is 0 Å². The van der Waals surface area contributed by atoms with E-state index < -0.39 is 0 Å². The first kappa shape index (κ1) is 11.0. The maximum Gasteiger partial charge on any atom is 0.163 e. The Bertz CT molecular complexity index is 364. The van der Waals surface area contributed by atoms with E-state index in [1.165, 1.54) is 12.8 Å². The van der Waals surface area contributed by atoms with Crippen LogP contribution in [0.5, 0.6) is 0 Å². The fourth-order valence-electron chi connectivity index (χ4n) is 1.91. The molecule has 0 radical (unpaired) electrons. The zero-order valence-corrected chi connectivity index (χ0v) is 9.48. The summed E-state index contributed by atoms with van der Waals surface area (Å²) in [4.78, 5) is 13.0. The van der Waals surface area contributed by atoms with E-state index in [1.54, 1.807) is 12.4 Å². The fourth-order valence-corrected chi connectivity index (χ4v) is 1.91. The van der Waals surface area contributed by atoms with Crippen LogP contribution in [-0.4, -0.2) is 21.8 Å². The SMILES string of the molecule is Cc1cnc(C(=NC2CCCC2)NN)cn1. The molecule has 1 aromatic heterocycles. The van der Waals surface area contributed by atoms with Gasteiger partial charge in [0, 0.05) is 6.20 Å². The molecule has 86 valence electrons. The van der Waals surface area contributed by atoms with Crippen molar-refractivity contribution >= 4 is 5.84 Å². The largest absolute Gasteiger partial charge is 0.307 e. The van der Waals surface area contributed by atoms with Crippen molar-refractivity contribution in [2.75, 3.05) is 0 Å². The van der Waals surface area contributed by atoms with Crippen molar-refractivity contribution in [1.29, 1.82) is 0 Å². The molecule has 1 aliphatic carbocycles. The lowest BCUT2D eigenvalue weighted by Crippen LogP contribution is -2.33. The lowest BCUT2D eigenvalue weighted by Gasteiger charge is -2.08. The van der Waals surface area contributed by atoms with Crippen molar-refractivity contribution in [1.82, 2.24) is 15.4 Å². The molecule has 2 rings (SSSR count). The lowest BCUT2D eigenvalue weighted by molar-refractivity contribution is 0.700. The Labute approximate surface area is 95.2 Å². The number of aromatic nitrogens is 2. The summed E-state index contributed by atoms with van der Waals surface area (Å²) in [6.45, 7) is 1.90. The van der Waals surface area contributed by atoms with Crippen LogP contribution < -0.4 is 11.3 Å². The van der Waals surface area contributed by atoms with Gasteiger partial charge >= 0.3 is 0 Å². The fraction of sp³-hybridized carbons (Fsp3) is 0.545. The second kappa shape index (κ2) is 5.03. The maximum absolute atomic E-state index is 5.47. The first-order chi connectivity index (χ1) is 7.79. The molecule has 1 heterocycles. The summed E-state index contributed by atoms with van der Waals surface area (Å²) >= 11 is 0. The summed E-state index contributed by atoms with van der Waals surface area (Å²) in [7, 11) is 0. The zero-order valence-electron chi connectivity index (χ0n) is 9.48. The van der Waals surface area contributed by atoms with Crippen LogP contribution in [0, 0.1) is 6.92 Å². The molecule has 0 spiro atoms. The first-order valence-corrected chi connectivity index (χ1v) is 5.63. The minimum Gasteiger partial charge on any atom is -0.307 e. The number of amidine groups is 1. The minimum atomic E-state index is 0.383. The Hall–Kier alpha value is -1.49. The standard InChI is InChI=1S/C11H17N5/c1-8-6-14-10(7-13-8)11(16-12)15-9-4-2-3-5-9/h6-7,9H,2-5,12H2,1H3,(H,15,16). The van der Waals surface area contributed by atoms with Crippen LogP contribution in [0.15, 0.2) is 17.4 Å². The van der Waals surface area contributed by atoms with E-state index in [0.717, 1.165) is 18.5 Å². The third kappa shape index (κ3) is 2.55. The zero-order chi connectivity index (χ0) is 11.4. The van der Waals surface area contributed by atoms with E-state index in [0.29, 0.717) is 17.6 Å². The molecular weight excluding hydrogens is 202 g/mol. The molecule has 1 aromatic rings. The highest BCUT2D eigenvalue weighted by atomic mass is 15.3. The van der Waals surface area contributed by atoms with E-state index in [4.69, 9.17) is 5.84 Å². The number of aliphatic imine (C=N–C) groups is 1. The third-order valence-corrected chi connectivity index (χ3v) is 2.80. The van der Waals surface area contributed by atoms with Crippen LogP contribution in [0.2, 0.25) is 0 Å². The lowest BCUT2D eigenvalue weighted by atomic mass is 10.2. The Morgan fingerprint density at radius 3 is 2.69 bits per heavy atom. The second-order valence-electron chi connectivity index (χ2n) is 4.10. The van der Waals surface area contributed by atoms with E-state index in [-0.39, 0.29) is 0 Å². The molecule has 0 aliphatic heterocycles. The number of hydrogen-bond donors (Lipinski definition) is 2. The maximum atomic E-state index is 5.47. The Kier molecular flexibility index (Phi) is 3.46. The summed E-state index contributed by atoms with van der Waals surface area (Å²) in [5, 5.41) is 0. The van der Waals surface area contributed by atoms with Gasteiger partial charge in [-0.3, -0.25) is 9.98 Å². The van der Waals surface area contributed by atoms with Crippen molar-refractivity contribution in [2.24, 2.45) is 10.8 Å². The van der Waals surface area contributed by atoms with Gasteiger partial charge in [0.15, 0.2) is 5.84 Å². The van der Waals surface area contributed by atoms with Crippen LogP contribution >= 0.6 is 0 Å². The topological polar surface area (TPSA) is 76.2 Å². The number of nitrogens with two attached hydrogens (primary N) is 1. The molecular formula is C11H17N5. The first-order valence-electron chi connectivity index (χ1n) is 5.63. The molecule has 0 atom stereocenters. The number of nitrogens with one attached hydrogen (secondary N) is 1. The van der Waals surface area contributed by atoms with E-state index in [1.807, 2.05) is 6.92 Å². The summed E-state index contributed by atoms with van der Waals surface area (Å²) in [5.74, 6) is 6.11. The molecule has 1 fully saturated rings. The van der Waals surface area contributed by atoms with Gasteiger partial charge in [-0.25, -0.2) is 10.8 Å². The predicted molar refractivity (Wildman–Crippen MR) is 62.9 cm³/mol. The quantitative estimate of drug-likeness (QED) is 0.336. The van der Waals surface area contributed by atoms with Gasteiger partial charge in [-0.1, -0.05) is 12.8 Å². The number of rotatable bonds is 2. The van der Waals surface area contributed by atoms with Gasteiger partial charge in [0.05, 0.1) is 17.9 Å². The van der Waals surface area contributed by atoms with Crippen molar-refractivity contribution in [3.8, 4) is 0 Å². The Morgan fingerprint density at radius 1 is 1.38 bits per heavy atom. The molecule has 0 aromatic carbocycles. The van der Waals surface area contributed by atoms with Gasteiger partial charge in [-0.05, 0) is 19.8 Å². The number of nitrogens with zero attached hydrogens (tertiary/aromatic N) is 3. The van der Waals surface area contributed by atoms with Gasteiger partial charge in [0.25, 0.3) is 0 Å². The highest BCUT2D eigenvalue weighted by molar-refractivity contribution is 5.96. The molecule has 0 bridgehead atoms. The summed E-state index contributed by atoms with van der Waals surface area (Å²) in [6, 6.07) is 0.383. The molecule has 3 N–H and O–H groups in total. The molecule has 5 heteroatoms. The summed E-state index contributed by atoms with van der Waals surface area (Å²) in [5.41, 5.74) is 4.21. The Morgan fingerprint density at radius 2 is 2.12 bits per heavy atom. The van der Waals surface area contributed by atoms with Gasteiger partial charge in [0.1, 0.15) is 5.69 Å². The monoisotopic (exact) mass is 219 g/mol. The van der Waals surface area contributed by atoms with Gasteiger partial charge in [0.2, 0.25) is 0 Å². The molecule has 0 amide bonds. The summed E-state index contributed by atoms with van der Waals surface area (Å²) in [6.07, 6.45) is 8.21. The van der Waals surface area contributed by atoms with Crippen LogP contribution in [0.25, 0.3) is 0 Å². The van der Waals surface area contributed by atoms with Crippen LogP contribution in [0.1, 0.15) is 37.1 Å². The molecule has 0 unspecified atom stereocenters. The smallest absolute Gasteiger partial charge is 0.163 e. The van der Waals surface area contributed by atoms with Crippen LogP contribution in [0.3, 0.4) is 0 Å². The van der Waals surface area contributed by atoms with Gasteiger partial charge < -0.3 is 5.43 Å². The van der Waals surface area contributed by atoms with Crippen molar-refractivity contribution in [3.63, 3.8) is 0 Å². The molecule has 1 saturated carbocycles. The highest BCUT2D eigenvalue weighted by Gasteiger charge is 2.15. The van der Waals surface area contributed by atoms with Crippen LogP contribution in [-0.2, 0) is 0 Å². The second-order valence-corrected chi connectivity index (χ2v) is 4.10. The molecule has 1 aliphatic rings. The van der Waals surface area contributed by atoms with Crippen molar-refractivity contribution < 1.29 is 0 Å². The number of hydrogen-bond acceptors (Lipinski definition) is 4. The van der Waals surface area contributed by atoms with E-state index in [2.05, 4.69) is 20.4 Å².